The quantitative estimate of drug-likeness (QED) is 0.174. The minimum absolute atomic E-state index is 0.0321. The smallest absolute Gasteiger partial charge is 0.410 e. The van der Waals surface area contributed by atoms with Crippen LogP contribution in [0.1, 0.15) is 23.1 Å². The number of nitrogens with zero attached hydrogens (tertiary/aromatic N) is 2. The molecule has 3 aromatic rings. The lowest BCUT2D eigenvalue weighted by atomic mass is 9.99. The van der Waals surface area contributed by atoms with Crippen LogP contribution < -0.4 is 0 Å². The summed E-state index contributed by atoms with van der Waals surface area (Å²) in [6.45, 7) is -0.119. The summed E-state index contributed by atoms with van der Waals surface area (Å²) in [5, 5.41) is 10.9. The molecule has 12 nitrogen and oxygen atoms in total. The van der Waals surface area contributed by atoms with Crippen molar-refractivity contribution in [1.82, 2.24) is 4.90 Å². The number of rotatable bonds is 11. The second-order valence-electron chi connectivity index (χ2n) is 10.0. The molecule has 2 atom stereocenters. The first kappa shape index (κ1) is 31.1. The zero-order valence-corrected chi connectivity index (χ0v) is 24.5. The molecule has 1 saturated heterocycles. The maximum absolute atomic E-state index is 13.0. The van der Waals surface area contributed by atoms with Crippen molar-refractivity contribution in [2.24, 2.45) is 0 Å². The van der Waals surface area contributed by atoms with Crippen LogP contribution in [0, 0.1) is 10.1 Å². The van der Waals surface area contributed by atoms with Crippen LogP contribution in [-0.4, -0.2) is 64.0 Å². The summed E-state index contributed by atoms with van der Waals surface area (Å²) < 4.78 is 61.4. The average molecular weight is 619 g/mol. The summed E-state index contributed by atoms with van der Waals surface area (Å²) in [5.41, 5.74) is 3.97. The number of nitro benzene ring substituents is 1. The number of nitro groups is 1. The van der Waals surface area contributed by atoms with Crippen molar-refractivity contribution in [1.29, 1.82) is 0 Å². The van der Waals surface area contributed by atoms with Crippen molar-refractivity contribution in [2.75, 3.05) is 19.1 Å². The van der Waals surface area contributed by atoms with Crippen LogP contribution in [0.4, 0.5) is 10.5 Å². The molecule has 1 aliphatic heterocycles. The van der Waals surface area contributed by atoms with Crippen LogP contribution in [0.3, 0.4) is 0 Å². The van der Waals surface area contributed by atoms with E-state index < -0.39 is 37.4 Å². The van der Waals surface area contributed by atoms with E-state index in [0.717, 1.165) is 29.2 Å². The molecule has 0 aromatic heterocycles. The third kappa shape index (κ3) is 9.08. The van der Waals surface area contributed by atoms with E-state index in [9.17, 15) is 31.7 Å². The van der Waals surface area contributed by atoms with Crippen LogP contribution in [0.5, 0.6) is 0 Å². The Morgan fingerprint density at radius 2 is 1.36 bits per heavy atom. The summed E-state index contributed by atoms with van der Waals surface area (Å²) in [5.74, 6) is 0. The molecule has 0 radical (unpaired) electrons. The lowest BCUT2D eigenvalue weighted by Gasteiger charge is -2.24. The first-order valence-electron chi connectivity index (χ1n) is 12.8. The molecule has 0 aliphatic carbocycles. The third-order valence-corrected chi connectivity index (χ3v) is 7.75. The lowest BCUT2D eigenvalue weighted by molar-refractivity contribution is -0.384. The molecule has 0 N–H and O–H groups in total. The van der Waals surface area contributed by atoms with Gasteiger partial charge in [-0.1, -0.05) is 48.5 Å². The van der Waals surface area contributed by atoms with Gasteiger partial charge in [-0.05, 0) is 52.8 Å². The summed E-state index contributed by atoms with van der Waals surface area (Å²) >= 11 is 0. The highest BCUT2D eigenvalue weighted by Gasteiger charge is 2.38. The molecule has 1 fully saturated rings. The van der Waals surface area contributed by atoms with Gasteiger partial charge in [0.2, 0.25) is 0 Å². The van der Waals surface area contributed by atoms with Gasteiger partial charge < -0.3 is 9.64 Å². The lowest BCUT2D eigenvalue weighted by Crippen LogP contribution is -2.37. The van der Waals surface area contributed by atoms with Gasteiger partial charge in [0.15, 0.2) is 0 Å². The zero-order valence-electron chi connectivity index (χ0n) is 22.9. The van der Waals surface area contributed by atoms with Crippen LogP contribution in [-0.2, 0) is 53.0 Å². The van der Waals surface area contributed by atoms with Crippen molar-refractivity contribution < 1.29 is 39.7 Å². The molecule has 1 aliphatic rings. The molecule has 1 amide bonds. The molecule has 4 rings (SSSR count). The summed E-state index contributed by atoms with van der Waals surface area (Å²) in [6, 6.07) is 20.2. The second-order valence-corrected chi connectivity index (χ2v) is 13.3. The van der Waals surface area contributed by atoms with E-state index in [1.54, 1.807) is 12.1 Å². The fourth-order valence-electron chi connectivity index (χ4n) is 4.62. The summed E-state index contributed by atoms with van der Waals surface area (Å²) in [6.07, 6.45) is 1.31. The minimum atomic E-state index is -3.74. The van der Waals surface area contributed by atoms with Gasteiger partial charge in [0.05, 0.1) is 36.7 Å². The maximum Gasteiger partial charge on any atom is 0.410 e. The molecule has 224 valence electrons. The Hall–Kier alpha value is -3.85. The Kier molecular flexibility index (Phi) is 9.61. The number of benzene rings is 3. The van der Waals surface area contributed by atoms with Crippen molar-refractivity contribution in [2.45, 2.75) is 38.2 Å². The van der Waals surface area contributed by atoms with E-state index in [2.05, 4.69) is 0 Å². The van der Waals surface area contributed by atoms with Gasteiger partial charge in [-0.2, -0.15) is 16.8 Å². The Labute approximate surface area is 244 Å². The summed E-state index contributed by atoms with van der Waals surface area (Å²) in [4.78, 5) is 24.8. The second kappa shape index (κ2) is 13.0. The first-order chi connectivity index (χ1) is 19.8. The highest BCUT2D eigenvalue weighted by Crippen LogP contribution is 2.27. The number of carbonyl (C=O) groups excluding carboxylic acids is 1. The average Bonchev–Trinajstić information content (AvgIpc) is 3.31. The predicted octanol–water partition coefficient (Wildman–Crippen LogP) is 4.04. The molecule has 1 heterocycles. The highest BCUT2D eigenvalue weighted by molar-refractivity contribution is 7.86. The number of likely N-dealkylation sites (tertiary alicyclic amines) is 1. The number of carbonyl (C=O) groups is 1. The van der Waals surface area contributed by atoms with E-state index in [4.69, 9.17) is 13.1 Å². The van der Waals surface area contributed by atoms with E-state index in [1.807, 2.05) is 36.4 Å². The molecule has 42 heavy (non-hydrogen) atoms. The van der Waals surface area contributed by atoms with Crippen LogP contribution in [0.2, 0.25) is 0 Å². The predicted molar refractivity (Wildman–Crippen MR) is 153 cm³/mol. The number of non-ortho nitro benzene ring substituents is 1. The molecule has 0 saturated carbocycles. The summed E-state index contributed by atoms with van der Waals surface area (Å²) in [7, 11) is -7.27. The zero-order chi connectivity index (χ0) is 30.5. The standard InChI is InChI=1S/C28H30N2O10S2/c1-41(34,35)39-19-22-5-11-24(12-6-22)23-9-3-20(4-10-23)15-26-16-27(40-42(2,36)37)17-29(26)28(31)38-18-21-7-13-25(14-8-21)30(32)33/h3-14,26-27H,15-19H2,1-2H3. The number of ether oxygens (including phenoxy) is 1. The van der Waals surface area contributed by atoms with Crippen LogP contribution in [0.15, 0.2) is 72.8 Å². The minimum Gasteiger partial charge on any atom is -0.445 e. The van der Waals surface area contributed by atoms with Crippen molar-refractivity contribution in [3.8, 4) is 11.1 Å². The van der Waals surface area contributed by atoms with Crippen molar-refractivity contribution >= 4 is 32.0 Å². The van der Waals surface area contributed by atoms with Crippen molar-refractivity contribution in [3.63, 3.8) is 0 Å². The molecular weight excluding hydrogens is 588 g/mol. The Balaban J connectivity index is 1.42. The molecule has 2 unspecified atom stereocenters. The fourth-order valence-corrected chi connectivity index (χ4v) is 5.61. The van der Waals surface area contributed by atoms with Gasteiger partial charge >= 0.3 is 6.09 Å². The van der Waals surface area contributed by atoms with Gasteiger partial charge in [0.25, 0.3) is 25.9 Å². The third-order valence-electron chi connectivity index (χ3n) is 6.58. The SMILES string of the molecule is CS(=O)(=O)OCc1ccc(-c2ccc(CC3CC(OS(C)(=O)=O)CN3C(=O)OCc3ccc([N+](=O)[O-])cc3)cc2)cc1. The van der Waals surface area contributed by atoms with E-state index in [1.165, 1.54) is 29.2 Å². The Morgan fingerprint density at radius 1 is 0.833 bits per heavy atom. The van der Waals surface area contributed by atoms with E-state index in [-0.39, 0.29) is 31.5 Å². The normalized spacial score (nSPS) is 17.2. The van der Waals surface area contributed by atoms with Gasteiger partial charge in [-0.3, -0.25) is 18.5 Å². The molecular formula is C28H30N2O10S2. The number of hydrogen-bond acceptors (Lipinski definition) is 10. The number of amides is 1. The molecule has 3 aromatic carbocycles. The van der Waals surface area contributed by atoms with Crippen molar-refractivity contribution in [3.05, 3.63) is 99.6 Å². The fraction of sp³-hybridized carbons (Fsp3) is 0.321. The monoisotopic (exact) mass is 618 g/mol. The molecule has 0 bridgehead atoms. The Morgan fingerprint density at radius 3 is 1.88 bits per heavy atom. The highest BCUT2D eigenvalue weighted by atomic mass is 32.2. The largest absolute Gasteiger partial charge is 0.445 e. The molecule has 0 spiro atoms. The topological polar surface area (TPSA) is 159 Å². The Bertz CT molecular complexity index is 1620. The molecule has 14 heteroatoms. The first-order valence-corrected chi connectivity index (χ1v) is 16.5. The van der Waals surface area contributed by atoms with Gasteiger partial charge in [-0.25, -0.2) is 4.79 Å². The van der Waals surface area contributed by atoms with Gasteiger partial charge in [0.1, 0.15) is 6.61 Å². The van der Waals surface area contributed by atoms with Gasteiger partial charge in [0, 0.05) is 18.2 Å². The van der Waals surface area contributed by atoms with Crippen LogP contribution >= 0.6 is 0 Å². The maximum atomic E-state index is 13.0. The number of hydrogen-bond donors (Lipinski definition) is 0. The van der Waals surface area contributed by atoms with Crippen LogP contribution in [0.25, 0.3) is 11.1 Å². The van der Waals surface area contributed by atoms with E-state index >= 15 is 0 Å². The van der Waals surface area contributed by atoms with E-state index in [0.29, 0.717) is 24.0 Å². The van der Waals surface area contributed by atoms with Gasteiger partial charge in [-0.15, -0.1) is 0 Å².